The highest BCUT2D eigenvalue weighted by atomic mass is 35.5. The molecule has 2 aromatic rings. The third-order valence-electron chi connectivity index (χ3n) is 2.04. The van der Waals surface area contributed by atoms with Crippen molar-refractivity contribution in [2.45, 2.75) is 13.8 Å². The van der Waals surface area contributed by atoms with Crippen LogP contribution >= 0.6 is 11.6 Å². The van der Waals surface area contributed by atoms with Crippen molar-refractivity contribution in [1.29, 1.82) is 0 Å². The van der Waals surface area contributed by atoms with E-state index in [1.807, 2.05) is 25.1 Å². The van der Waals surface area contributed by atoms with Gasteiger partial charge in [0.2, 0.25) is 0 Å². The summed E-state index contributed by atoms with van der Waals surface area (Å²) in [6, 6.07) is 7.93. The predicted octanol–water partition coefficient (Wildman–Crippen LogP) is 3.38. The SMILES string of the molecule is CCOC=O.Cc1cc(Cl)c2ncccc2c1. The Bertz CT molecular complexity index is 500. The van der Waals surface area contributed by atoms with E-state index in [1.54, 1.807) is 13.1 Å². The summed E-state index contributed by atoms with van der Waals surface area (Å²) in [4.78, 5) is 13.4. The molecule has 0 aliphatic carbocycles. The summed E-state index contributed by atoms with van der Waals surface area (Å²) in [7, 11) is 0. The molecule has 17 heavy (non-hydrogen) atoms. The Kier molecular flexibility index (Phi) is 5.43. The fourth-order valence-corrected chi connectivity index (χ4v) is 1.69. The Labute approximate surface area is 105 Å². The summed E-state index contributed by atoms with van der Waals surface area (Å²) >= 11 is 6.00. The van der Waals surface area contributed by atoms with Gasteiger partial charge in [-0.3, -0.25) is 9.78 Å². The minimum atomic E-state index is 0.431. The van der Waals surface area contributed by atoms with Crippen molar-refractivity contribution < 1.29 is 9.53 Å². The van der Waals surface area contributed by atoms with Crippen LogP contribution in [-0.2, 0) is 9.53 Å². The number of nitrogens with zero attached hydrogens (tertiary/aromatic N) is 1. The van der Waals surface area contributed by atoms with Gasteiger partial charge in [0.05, 0.1) is 17.1 Å². The molecule has 0 aliphatic rings. The lowest BCUT2D eigenvalue weighted by atomic mass is 10.1. The van der Waals surface area contributed by atoms with Gasteiger partial charge in [-0.05, 0) is 37.6 Å². The molecule has 0 amide bonds. The van der Waals surface area contributed by atoms with Crippen LogP contribution in [0.1, 0.15) is 12.5 Å². The van der Waals surface area contributed by atoms with Crippen LogP contribution in [0.15, 0.2) is 30.5 Å². The van der Waals surface area contributed by atoms with E-state index < -0.39 is 0 Å². The topological polar surface area (TPSA) is 39.2 Å². The van der Waals surface area contributed by atoms with Crippen molar-refractivity contribution in [3.05, 3.63) is 41.0 Å². The van der Waals surface area contributed by atoms with Gasteiger partial charge in [-0.1, -0.05) is 17.7 Å². The van der Waals surface area contributed by atoms with Gasteiger partial charge in [0.1, 0.15) is 0 Å². The summed E-state index contributed by atoms with van der Waals surface area (Å²) in [5, 5.41) is 1.83. The Hall–Kier alpha value is -1.61. The van der Waals surface area contributed by atoms with E-state index in [0.29, 0.717) is 13.1 Å². The van der Waals surface area contributed by atoms with Gasteiger partial charge in [0.15, 0.2) is 0 Å². The van der Waals surface area contributed by atoms with Gasteiger partial charge in [-0.15, -0.1) is 0 Å². The fraction of sp³-hybridized carbons (Fsp3) is 0.231. The van der Waals surface area contributed by atoms with E-state index in [2.05, 4.69) is 15.8 Å². The Morgan fingerprint density at radius 1 is 1.47 bits per heavy atom. The molecule has 0 spiro atoms. The third-order valence-corrected chi connectivity index (χ3v) is 2.33. The van der Waals surface area contributed by atoms with Gasteiger partial charge in [0, 0.05) is 11.6 Å². The van der Waals surface area contributed by atoms with Crippen molar-refractivity contribution in [3.8, 4) is 0 Å². The maximum Gasteiger partial charge on any atom is 0.293 e. The van der Waals surface area contributed by atoms with Gasteiger partial charge >= 0.3 is 0 Å². The summed E-state index contributed by atoms with van der Waals surface area (Å²) in [5.74, 6) is 0. The maximum atomic E-state index is 9.18. The highest BCUT2D eigenvalue weighted by molar-refractivity contribution is 6.35. The van der Waals surface area contributed by atoms with Crippen molar-refractivity contribution in [2.75, 3.05) is 6.61 Å². The second kappa shape index (κ2) is 6.86. The molecule has 4 heteroatoms. The molecular formula is C13H14ClNO2. The molecule has 0 fully saturated rings. The first kappa shape index (κ1) is 13.5. The van der Waals surface area contributed by atoms with Crippen molar-refractivity contribution in [3.63, 3.8) is 0 Å². The zero-order valence-electron chi connectivity index (χ0n) is 9.81. The number of fused-ring (bicyclic) bond motifs is 1. The molecule has 3 nitrogen and oxygen atoms in total. The van der Waals surface area contributed by atoms with E-state index in [9.17, 15) is 4.79 Å². The van der Waals surface area contributed by atoms with Gasteiger partial charge in [0.25, 0.3) is 6.47 Å². The average Bonchev–Trinajstić information content (AvgIpc) is 2.30. The maximum absolute atomic E-state index is 9.18. The summed E-state index contributed by atoms with van der Waals surface area (Å²) < 4.78 is 4.15. The predicted molar refractivity (Wildman–Crippen MR) is 69.2 cm³/mol. The number of hydrogen-bond acceptors (Lipinski definition) is 3. The normalized spacial score (nSPS) is 9.35. The van der Waals surface area contributed by atoms with E-state index in [0.717, 1.165) is 15.9 Å². The summed E-state index contributed by atoms with van der Waals surface area (Å²) in [6.07, 6.45) is 1.75. The Morgan fingerprint density at radius 3 is 2.82 bits per heavy atom. The van der Waals surface area contributed by atoms with Crippen LogP contribution in [0.5, 0.6) is 0 Å². The number of pyridine rings is 1. The molecule has 0 bridgehead atoms. The smallest absolute Gasteiger partial charge is 0.293 e. The van der Waals surface area contributed by atoms with Crippen LogP contribution in [0, 0.1) is 6.92 Å². The van der Waals surface area contributed by atoms with Crippen LogP contribution in [0.25, 0.3) is 10.9 Å². The van der Waals surface area contributed by atoms with Gasteiger partial charge in [-0.25, -0.2) is 0 Å². The molecule has 0 aliphatic heterocycles. The molecule has 0 atom stereocenters. The lowest BCUT2D eigenvalue weighted by molar-refractivity contribution is -0.128. The molecule has 0 unspecified atom stereocenters. The molecule has 1 aromatic heterocycles. The van der Waals surface area contributed by atoms with E-state index in [4.69, 9.17) is 11.6 Å². The largest absolute Gasteiger partial charge is 0.468 e. The molecule has 0 N–H and O–H groups in total. The lowest BCUT2D eigenvalue weighted by Gasteiger charge is -2.00. The summed E-state index contributed by atoms with van der Waals surface area (Å²) in [5.41, 5.74) is 2.05. The molecular weight excluding hydrogens is 238 g/mol. The minimum absolute atomic E-state index is 0.431. The first-order valence-corrected chi connectivity index (χ1v) is 5.63. The van der Waals surface area contributed by atoms with Crippen LogP contribution in [0.4, 0.5) is 0 Å². The number of halogens is 1. The number of aromatic nitrogens is 1. The second-order valence-electron chi connectivity index (χ2n) is 3.37. The molecule has 0 saturated heterocycles. The second-order valence-corrected chi connectivity index (χ2v) is 3.78. The zero-order chi connectivity index (χ0) is 12.7. The van der Waals surface area contributed by atoms with E-state index in [-0.39, 0.29) is 0 Å². The number of hydrogen-bond donors (Lipinski definition) is 0. The Balaban J connectivity index is 0.000000249. The standard InChI is InChI=1S/C10H8ClN.C3H6O2/c1-7-5-8-3-2-4-12-10(8)9(11)6-7;1-2-5-3-4/h2-6H,1H3;3H,2H2,1H3. The molecule has 1 aromatic carbocycles. The monoisotopic (exact) mass is 251 g/mol. The third kappa shape index (κ3) is 4.04. The van der Waals surface area contributed by atoms with Crippen LogP contribution in [-0.4, -0.2) is 18.1 Å². The molecule has 0 saturated carbocycles. The lowest BCUT2D eigenvalue weighted by Crippen LogP contribution is -1.80. The van der Waals surface area contributed by atoms with Crippen LogP contribution in [0.2, 0.25) is 5.02 Å². The van der Waals surface area contributed by atoms with Crippen molar-refractivity contribution >= 4 is 29.0 Å². The number of ether oxygens (including phenoxy) is 1. The number of carbonyl (C=O) groups excluding carboxylic acids is 1. The van der Waals surface area contributed by atoms with E-state index in [1.165, 1.54) is 5.56 Å². The first-order valence-electron chi connectivity index (χ1n) is 5.25. The molecule has 90 valence electrons. The highest BCUT2D eigenvalue weighted by Gasteiger charge is 1.99. The number of benzene rings is 1. The van der Waals surface area contributed by atoms with Crippen LogP contribution < -0.4 is 0 Å². The van der Waals surface area contributed by atoms with E-state index >= 15 is 0 Å². The minimum Gasteiger partial charge on any atom is -0.468 e. The van der Waals surface area contributed by atoms with Crippen molar-refractivity contribution in [1.82, 2.24) is 4.98 Å². The quantitative estimate of drug-likeness (QED) is 0.768. The number of rotatable bonds is 2. The molecule has 0 radical (unpaired) electrons. The summed E-state index contributed by atoms with van der Waals surface area (Å²) in [6.45, 7) is 4.69. The average molecular weight is 252 g/mol. The zero-order valence-corrected chi connectivity index (χ0v) is 10.6. The van der Waals surface area contributed by atoms with Crippen LogP contribution in [0.3, 0.4) is 0 Å². The van der Waals surface area contributed by atoms with Crippen molar-refractivity contribution in [2.24, 2.45) is 0 Å². The van der Waals surface area contributed by atoms with Gasteiger partial charge < -0.3 is 4.74 Å². The highest BCUT2D eigenvalue weighted by Crippen LogP contribution is 2.22. The molecule has 2 rings (SSSR count). The fourth-order valence-electron chi connectivity index (χ4n) is 1.36. The molecule has 1 heterocycles. The first-order chi connectivity index (χ1) is 8.19. The Morgan fingerprint density at radius 2 is 2.24 bits per heavy atom. The number of aryl methyl sites for hydroxylation is 1. The number of carbonyl (C=O) groups is 1. The van der Waals surface area contributed by atoms with Gasteiger partial charge in [-0.2, -0.15) is 0 Å².